The number of rotatable bonds is 0. The first-order chi connectivity index (χ1) is 6.84. The fourth-order valence-corrected chi connectivity index (χ4v) is 2.01. The SMILES string of the molecule is Cc1cc2c(nn1)-c1ccccc1C2. The van der Waals surface area contributed by atoms with Crippen LogP contribution in [0, 0.1) is 6.92 Å². The van der Waals surface area contributed by atoms with Crippen molar-refractivity contribution < 1.29 is 0 Å². The molecule has 0 saturated carbocycles. The summed E-state index contributed by atoms with van der Waals surface area (Å²) in [5.41, 5.74) is 5.97. The van der Waals surface area contributed by atoms with E-state index >= 15 is 0 Å². The van der Waals surface area contributed by atoms with Crippen molar-refractivity contribution >= 4 is 0 Å². The Bertz CT molecular complexity index is 503. The van der Waals surface area contributed by atoms with Gasteiger partial charge >= 0.3 is 0 Å². The molecule has 0 unspecified atom stereocenters. The third-order valence-corrected chi connectivity index (χ3v) is 2.65. The molecule has 0 spiro atoms. The number of nitrogens with zero attached hydrogens (tertiary/aromatic N) is 2. The highest BCUT2D eigenvalue weighted by Crippen LogP contribution is 2.34. The van der Waals surface area contributed by atoms with Gasteiger partial charge in [-0.1, -0.05) is 24.3 Å². The Hall–Kier alpha value is -1.70. The molecule has 68 valence electrons. The molecule has 0 N–H and O–H groups in total. The van der Waals surface area contributed by atoms with Crippen molar-refractivity contribution in [2.45, 2.75) is 13.3 Å². The van der Waals surface area contributed by atoms with Gasteiger partial charge in [0.2, 0.25) is 0 Å². The normalized spacial score (nSPS) is 12.4. The Kier molecular flexibility index (Phi) is 1.45. The van der Waals surface area contributed by atoms with Crippen molar-refractivity contribution in [1.29, 1.82) is 0 Å². The lowest BCUT2D eigenvalue weighted by atomic mass is 10.1. The van der Waals surface area contributed by atoms with Crippen LogP contribution in [0.25, 0.3) is 11.3 Å². The number of aromatic nitrogens is 2. The number of benzene rings is 1. The summed E-state index contributed by atoms with van der Waals surface area (Å²) >= 11 is 0. The van der Waals surface area contributed by atoms with E-state index in [0.717, 1.165) is 17.8 Å². The fraction of sp³-hybridized carbons (Fsp3) is 0.167. The molecule has 0 amide bonds. The number of aryl methyl sites for hydroxylation is 1. The molecule has 2 heteroatoms. The minimum absolute atomic E-state index is 0.997. The summed E-state index contributed by atoms with van der Waals surface area (Å²) in [4.78, 5) is 0. The average molecular weight is 182 g/mol. The second-order valence-corrected chi connectivity index (χ2v) is 3.69. The van der Waals surface area contributed by atoms with Crippen LogP contribution in [0.5, 0.6) is 0 Å². The Morgan fingerprint density at radius 1 is 1.07 bits per heavy atom. The van der Waals surface area contributed by atoms with E-state index < -0.39 is 0 Å². The maximum Gasteiger partial charge on any atom is 0.0968 e. The van der Waals surface area contributed by atoms with Crippen molar-refractivity contribution in [3.63, 3.8) is 0 Å². The van der Waals surface area contributed by atoms with Gasteiger partial charge in [0.05, 0.1) is 11.4 Å². The molecule has 2 nitrogen and oxygen atoms in total. The zero-order valence-corrected chi connectivity index (χ0v) is 7.99. The van der Waals surface area contributed by atoms with E-state index in [-0.39, 0.29) is 0 Å². The topological polar surface area (TPSA) is 25.8 Å². The molecule has 1 aliphatic carbocycles. The standard InChI is InChI=1S/C12H10N2/c1-8-6-10-7-9-4-2-3-5-11(9)12(10)14-13-8/h2-6H,7H2,1H3. The van der Waals surface area contributed by atoms with E-state index in [1.54, 1.807) is 0 Å². The van der Waals surface area contributed by atoms with Gasteiger partial charge in [-0.2, -0.15) is 5.10 Å². The van der Waals surface area contributed by atoms with Crippen LogP contribution in [-0.4, -0.2) is 10.2 Å². The number of hydrogen-bond donors (Lipinski definition) is 0. The number of hydrogen-bond acceptors (Lipinski definition) is 2. The first kappa shape index (κ1) is 7.68. The lowest BCUT2D eigenvalue weighted by molar-refractivity contribution is 0.975. The van der Waals surface area contributed by atoms with Crippen molar-refractivity contribution in [3.05, 3.63) is 47.2 Å². The molecule has 0 radical (unpaired) electrons. The predicted molar refractivity (Wildman–Crippen MR) is 55.0 cm³/mol. The second-order valence-electron chi connectivity index (χ2n) is 3.69. The van der Waals surface area contributed by atoms with Crippen LogP contribution in [0.4, 0.5) is 0 Å². The van der Waals surface area contributed by atoms with E-state index in [1.165, 1.54) is 16.7 Å². The molecule has 14 heavy (non-hydrogen) atoms. The van der Waals surface area contributed by atoms with Crippen molar-refractivity contribution in [1.82, 2.24) is 10.2 Å². The van der Waals surface area contributed by atoms with Crippen molar-refractivity contribution in [2.75, 3.05) is 0 Å². The first-order valence-electron chi connectivity index (χ1n) is 4.76. The molecule has 0 atom stereocenters. The van der Waals surface area contributed by atoms with Gasteiger partial charge in [-0.05, 0) is 24.1 Å². The summed E-state index contributed by atoms with van der Waals surface area (Å²) in [6.45, 7) is 1.98. The van der Waals surface area contributed by atoms with Crippen LogP contribution in [0.2, 0.25) is 0 Å². The molecule has 3 rings (SSSR count). The van der Waals surface area contributed by atoms with E-state index in [1.807, 2.05) is 6.92 Å². The van der Waals surface area contributed by atoms with Crippen LogP contribution >= 0.6 is 0 Å². The lowest BCUT2D eigenvalue weighted by Crippen LogP contribution is -1.91. The molecule has 1 aromatic carbocycles. The summed E-state index contributed by atoms with van der Waals surface area (Å²) in [5, 5.41) is 8.35. The Labute approximate surface area is 82.6 Å². The van der Waals surface area contributed by atoms with Gasteiger partial charge in [0.15, 0.2) is 0 Å². The zero-order valence-electron chi connectivity index (χ0n) is 7.99. The molecular formula is C12H10N2. The molecule has 0 bridgehead atoms. The van der Waals surface area contributed by atoms with Crippen LogP contribution in [-0.2, 0) is 6.42 Å². The molecule has 0 saturated heterocycles. The van der Waals surface area contributed by atoms with Crippen LogP contribution in [0.3, 0.4) is 0 Å². The highest BCUT2D eigenvalue weighted by molar-refractivity contribution is 5.72. The maximum atomic E-state index is 4.25. The zero-order chi connectivity index (χ0) is 9.54. The minimum Gasteiger partial charge on any atom is -0.155 e. The molecule has 1 heterocycles. The number of fused-ring (bicyclic) bond motifs is 3. The smallest absolute Gasteiger partial charge is 0.0968 e. The third-order valence-electron chi connectivity index (χ3n) is 2.65. The Balaban J connectivity index is 2.27. The largest absolute Gasteiger partial charge is 0.155 e. The fourth-order valence-electron chi connectivity index (χ4n) is 2.01. The summed E-state index contributed by atoms with van der Waals surface area (Å²) < 4.78 is 0. The average Bonchev–Trinajstić information content (AvgIpc) is 2.54. The van der Waals surface area contributed by atoms with Gasteiger partial charge in [-0.25, -0.2) is 0 Å². The maximum absolute atomic E-state index is 4.25. The van der Waals surface area contributed by atoms with Gasteiger partial charge in [0.25, 0.3) is 0 Å². The van der Waals surface area contributed by atoms with Crippen molar-refractivity contribution in [2.24, 2.45) is 0 Å². The highest BCUT2D eigenvalue weighted by Gasteiger charge is 2.19. The quantitative estimate of drug-likeness (QED) is 0.533. The lowest BCUT2D eigenvalue weighted by Gasteiger charge is -1.98. The first-order valence-corrected chi connectivity index (χ1v) is 4.76. The Morgan fingerprint density at radius 2 is 1.93 bits per heavy atom. The monoisotopic (exact) mass is 182 g/mol. The summed E-state index contributed by atoms with van der Waals surface area (Å²) in [5.74, 6) is 0. The van der Waals surface area contributed by atoms with E-state index in [0.29, 0.717) is 0 Å². The molecule has 2 aromatic rings. The predicted octanol–water partition coefficient (Wildman–Crippen LogP) is 2.36. The summed E-state index contributed by atoms with van der Waals surface area (Å²) in [6.07, 6.45) is 1.00. The van der Waals surface area contributed by atoms with Gasteiger partial charge in [-0.15, -0.1) is 5.10 Å². The molecule has 1 aliphatic rings. The van der Waals surface area contributed by atoms with E-state index in [4.69, 9.17) is 0 Å². The van der Waals surface area contributed by atoms with Gasteiger partial charge in [0, 0.05) is 12.0 Å². The van der Waals surface area contributed by atoms with Crippen molar-refractivity contribution in [3.8, 4) is 11.3 Å². The van der Waals surface area contributed by atoms with Gasteiger partial charge < -0.3 is 0 Å². The van der Waals surface area contributed by atoms with Crippen LogP contribution in [0.15, 0.2) is 30.3 Å². The minimum atomic E-state index is 0.997. The molecular weight excluding hydrogens is 172 g/mol. The molecule has 0 aliphatic heterocycles. The summed E-state index contributed by atoms with van der Waals surface area (Å²) in [7, 11) is 0. The van der Waals surface area contributed by atoms with E-state index in [9.17, 15) is 0 Å². The van der Waals surface area contributed by atoms with Gasteiger partial charge in [0.1, 0.15) is 0 Å². The van der Waals surface area contributed by atoms with E-state index in [2.05, 4.69) is 40.5 Å². The third kappa shape index (κ3) is 0.970. The molecule has 0 fully saturated rings. The van der Waals surface area contributed by atoms with Crippen LogP contribution in [0.1, 0.15) is 16.8 Å². The highest BCUT2D eigenvalue weighted by atomic mass is 15.1. The summed E-state index contributed by atoms with van der Waals surface area (Å²) in [6, 6.07) is 10.5. The molecule has 1 aromatic heterocycles. The second kappa shape index (κ2) is 2.64. The van der Waals surface area contributed by atoms with Crippen LogP contribution < -0.4 is 0 Å². The Morgan fingerprint density at radius 3 is 2.86 bits per heavy atom. The van der Waals surface area contributed by atoms with Gasteiger partial charge in [-0.3, -0.25) is 0 Å².